The Hall–Kier alpha value is -1.70. The number of nitrogens with zero attached hydrogens (tertiary/aromatic N) is 1. The van der Waals surface area contributed by atoms with Crippen LogP contribution in [-0.4, -0.2) is 36.0 Å². The molecule has 0 spiro atoms. The third kappa shape index (κ3) is 3.46. The van der Waals surface area contributed by atoms with Gasteiger partial charge in [0.2, 0.25) is 0 Å². The van der Waals surface area contributed by atoms with Crippen molar-refractivity contribution >= 4 is 22.8 Å². The Kier molecular flexibility index (Phi) is 5.56. The zero-order valence-corrected chi connectivity index (χ0v) is 13.5. The zero-order valence-electron chi connectivity index (χ0n) is 12.7. The predicted octanol–water partition coefficient (Wildman–Crippen LogP) is 3.34. The minimum atomic E-state index is -1.59. The molecule has 1 atom stereocenters. The molecule has 0 aliphatic carbocycles. The fourth-order valence-electron chi connectivity index (χ4n) is 2.34. The molecule has 1 aromatic carbocycles. The molecule has 0 fully saturated rings. The predicted molar refractivity (Wildman–Crippen MR) is 81.4 cm³/mol. The molecule has 1 aliphatic rings. The first-order chi connectivity index (χ1) is 10.9. The molecule has 0 radical (unpaired) electrons. The Morgan fingerprint density at radius 3 is 2.57 bits per heavy atom. The standard InChI is InChI=1S/C15H16F3NO3S/c1-3-21-14(20)15(5-4-6-19-13(15)23-2)22-9-7-10(16)12(18)11(17)8-9/h7-8H,3-6H2,1-2H3/t15-/m1/s1. The molecule has 1 aromatic rings. The number of aliphatic imine (C=N–C) groups is 1. The highest BCUT2D eigenvalue weighted by Crippen LogP contribution is 2.33. The fraction of sp³-hybridized carbons (Fsp3) is 0.467. The van der Waals surface area contributed by atoms with E-state index in [9.17, 15) is 18.0 Å². The number of rotatable bonds is 4. The smallest absolute Gasteiger partial charge is 0.357 e. The van der Waals surface area contributed by atoms with E-state index in [1.54, 1.807) is 13.2 Å². The molecular weight excluding hydrogens is 331 g/mol. The topological polar surface area (TPSA) is 47.9 Å². The van der Waals surface area contributed by atoms with Gasteiger partial charge in [-0.3, -0.25) is 4.99 Å². The molecule has 2 rings (SSSR count). The average molecular weight is 347 g/mol. The van der Waals surface area contributed by atoms with E-state index in [1.165, 1.54) is 11.8 Å². The number of carbonyl (C=O) groups is 1. The maximum atomic E-state index is 13.4. The van der Waals surface area contributed by atoms with Crippen molar-refractivity contribution < 1.29 is 27.4 Å². The number of hydrogen-bond donors (Lipinski definition) is 0. The second-order valence-electron chi connectivity index (χ2n) is 4.84. The van der Waals surface area contributed by atoms with Crippen molar-refractivity contribution in [3.63, 3.8) is 0 Å². The molecule has 0 amide bonds. The van der Waals surface area contributed by atoms with E-state index in [0.717, 1.165) is 0 Å². The van der Waals surface area contributed by atoms with Gasteiger partial charge in [-0.05, 0) is 19.6 Å². The van der Waals surface area contributed by atoms with Crippen LogP contribution >= 0.6 is 11.8 Å². The van der Waals surface area contributed by atoms with E-state index < -0.39 is 29.0 Å². The Morgan fingerprint density at radius 2 is 2.00 bits per heavy atom. The number of hydrogen-bond acceptors (Lipinski definition) is 5. The Morgan fingerprint density at radius 1 is 1.35 bits per heavy atom. The maximum Gasteiger partial charge on any atom is 0.357 e. The third-order valence-electron chi connectivity index (χ3n) is 3.34. The van der Waals surface area contributed by atoms with Gasteiger partial charge < -0.3 is 9.47 Å². The summed E-state index contributed by atoms with van der Waals surface area (Å²) in [6, 6.07) is 1.40. The normalized spacial score (nSPS) is 20.8. The largest absolute Gasteiger partial charge is 0.468 e. The van der Waals surface area contributed by atoms with E-state index >= 15 is 0 Å². The molecule has 0 saturated heterocycles. The summed E-state index contributed by atoms with van der Waals surface area (Å²) >= 11 is 1.20. The van der Waals surface area contributed by atoms with Crippen LogP contribution < -0.4 is 4.74 Å². The lowest BCUT2D eigenvalue weighted by atomic mass is 9.96. The summed E-state index contributed by atoms with van der Waals surface area (Å²) in [6.45, 7) is 2.28. The van der Waals surface area contributed by atoms with Gasteiger partial charge >= 0.3 is 5.97 Å². The highest BCUT2D eigenvalue weighted by molar-refractivity contribution is 8.13. The molecule has 0 N–H and O–H groups in total. The van der Waals surface area contributed by atoms with Crippen LogP contribution in [0, 0.1) is 17.5 Å². The second-order valence-corrected chi connectivity index (χ2v) is 5.64. The summed E-state index contributed by atoms with van der Waals surface area (Å²) in [5, 5.41) is 0.368. The van der Waals surface area contributed by atoms with Crippen LogP contribution in [0.4, 0.5) is 13.2 Å². The minimum absolute atomic E-state index is 0.123. The highest BCUT2D eigenvalue weighted by atomic mass is 32.2. The first-order valence-corrected chi connectivity index (χ1v) is 8.26. The molecule has 126 valence electrons. The van der Waals surface area contributed by atoms with Crippen molar-refractivity contribution in [2.45, 2.75) is 25.4 Å². The fourth-order valence-corrected chi connectivity index (χ4v) is 3.12. The monoisotopic (exact) mass is 347 g/mol. The van der Waals surface area contributed by atoms with E-state index in [4.69, 9.17) is 9.47 Å². The number of ether oxygens (including phenoxy) is 2. The van der Waals surface area contributed by atoms with Crippen molar-refractivity contribution in [2.75, 3.05) is 19.4 Å². The molecular formula is C15H16F3NO3S. The summed E-state index contributed by atoms with van der Waals surface area (Å²) in [6.07, 6.45) is 2.52. The average Bonchev–Trinajstić information content (AvgIpc) is 2.53. The number of benzene rings is 1. The van der Waals surface area contributed by atoms with Crippen LogP contribution in [0.15, 0.2) is 17.1 Å². The van der Waals surface area contributed by atoms with Crippen LogP contribution in [0.2, 0.25) is 0 Å². The molecule has 0 unspecified atom stereocenters. The molecule has 4 nitrogen and oxygen atoms in total. The van der Waals surface area contributed by atoms with Gasteiger partial charge in [0.1, 0.15) is 10.8 Å². The molecule has 0 saturated carbocycles. The minimum Gasteiger partial charge on any atom is -0.468 e. The van der Waals surface area contributed by atoms with Crippen LogP contribution in [0.25, 0.3) is 0 Å². The van der Waals surface area contributed by atoms with Gasteiger partial charge in [0.05, 0.1) is 6.61 Å². The lowest BCUT2D eigenvalue weighted by Crippen LogP contribution is -2.53. The van der Waals surface area contributed by atoms with Crippen LogP contribution in [0.1, 0.15) is 19.8 Å². The summed E-state index contributed by atoms with van der Waals surface area (Å²) in [7, 11) is 0. The van der Waals surface area contributed by atoms with Gasteiger partial charge in [0.25, 0.3) is 5.60 Å². The van der Waals surface area contributed by atoms with Gasteiger partial charge in [0, 0.05) is 25.1 Å². The maximum absolute atomic E-state index is 13.4. The molecule has 1 aliphatic heterocycles. The lowest BCUT2D eigenvalue weighted by molar-refractivity contribution is -0.156. The number of carbonyl (C=O) groups excluding carboxylic acids is 1. The van der Waals surface area contributed by atoms with Crippen molar-refractivity contribution in [2.24, 2.45) is 4.99 Å². The molecule has 1 heterocycles. The van der Waals surface area contributed by atoms with Gasteiger partial charge in [0.15, 0.2) is 17.5 Å². The Labute approximate surface area is 136 Å². The van der Waals surface area contributed by atoms with Gasteiger partial charge in [-0.15, -0.1) is 11.8 Å². The number of halogens is 3. The van der Waals surface area contributed by atoms with Crippen LogP contribution in [-0.2, 0) is 9.53 Å². The number of esters is 1. The first-order valence-electron chi connectivity index (χ1n) is 7.04. The number of thioether (sulfide) groups is 1. The van der Waals surface area contributed by atoms with Crippen LogP contribution in [0.3, 0.4) is 0 Å². The zero-order chi connectivity index (χ0) is 17.0. The Bertz CT molecular complexity index is 615. The summed E-state index contributed by atoms with van der Waals surface area (Å²) in [5.74, 6) is -5.35. The Balaban J connectivity index is 2.45. The quantitative estimate of drug-likeness (QED) is 0.619. The summed E-state index contributed by atoms with van der Waals surface area (Å²) < 4.78 is 50.5. The SMILES string of the molecule is CCOC(=O)[C@@]1(Oc2cc(F)c(F)c(F)c2)CCCN=C1SC. The van der Waals surface area contributed by atoms with E-state index in [2.05, 4.69) is 4.99 Å². The lowest BCUT2D eigenvalue weighted by Gasteiger charge is -2.34. The molecule has 0 aromatic heterocycles. The molecule has 23 heavy (non-hydrogen) atoms. The van der Waals surface area contributed by atoms with Crippen molar-refractivity contribution in [3.05, 3.63) is 29.6 Å². The van der Waals surface area contributed by atoms with E-state index in [-0.39, 0.29) is 18.8 Å². The van der Waals surface area contributed by atoms with Crippen molar-refractivity contribution in [3.8, 4) is 5.75 Å². The van der Waals surface area contributed by atoms with Crippen LogP contribution in [0.5, 0.6) is 5.75 Å². The van der Waals surface area contributed by atoms with Gasteiger partial charge in [-0.1, -0.05) is 0 Å². The molecule has 8 heteroatoms. The van der Waals surface area contributed by atoms with Crippen molar-refractivity contribution in [1.29, 1.82) is 0 Å². The van der Waals surface area contributed by atoms with Gasteiger partial charge in [-0.25, -0.2) is 18.0 Å². The molecule has 0 bridgehead atoms. The highest BCUT2D eigenvalue weighted by Gasteiger charge is 2.49. The summed E-state index contributed by atoms with van der Waals surface area (Å²) in [4.78, 5) is 16.7. The first kappa shape index (κ1) is 17.7. The second kappa shape index (κ2) is 7.25. The van der Waals surface area contributed by atoms with E-state index in [1.807, 2.05) is 0 Å². The van der Waals surface area contributed by atoms with E-state index in [0.29, 0.717) is 30.1 Å². The van der Waals surface area contributed by atoms with Gasteiger partial charge in [-0.2, -0.15) is 0 Å². The third-order valence-corrected chi connectivity index (χ3v) is 4.18. The van der Waals surface area contributed by atoms with Crippen molar-refractivity contribution in [1.82, 2.24) is 0 Å². The summed E-state index contributed by atoms with van der Waals surface area (Å²) in [5.41, 5.74) is -1.57.